The van der Waals surface area contributed by atoms with Gasteiger partial charge in [0.25, 0.3) is 0 Å². The predicted octanol–water partition coefficient (Wildman–Crippen LogP) is 6.06. The highest BCUT2D eigenvalue weighted by molar-refractivity contribution is 5.25. The van der Waals surface area contributed by atoms with E-state index in [2.05, 4.69) is 6.92 Å². The van der Waals surface area contributed by atoms with Gasteiger partial charge >= 0.3 is 0 Å². The summed E-state index contributed by atoms with van der Waals surface area (Å²) in [5, 5.41) is 0. The molecule has 1 aliphatic rings. The highest BCUT2D eigenvalue weighted by Crippen LogP contribution is 2.33. The molecular weight excluding hydrogens is 254 g/mol. The molecule has 2 rings (SSSR count). The van der Waals surface area contributed by atoms with Gasteiger partial charge in [-0.2, -0.15) is 0 Å². The first-order chi connectivity index (χ1) is 9.60. The van der Waals surface area contributed by atoms with Gasteiger partial charge in [-0.25, -0.2) is 8.78 Å². The van der Waals surface area contributed by atoms with Crippen molar-refractivity contribution in [1.29, 1.82) is 0 Å². The summed E-state index contributed by atoms with van der Waals surface area (Å²) in [6.45, 7) is 3.75. The minimum Gasteiger partial charge on any atom is -0.207 e. The van der Waals surface area contributed by atoms with E-state index in [-0.39, 0.29) is 6.99 Å². The smallest absolute Gasteiger partial charge is 0.129 e. The van der Waals surface area contributed by atoms with Gasteiger partial charge in [0.05, 0.1) is 0 Å². The molecule has 0 unspecified atom stereocenters. The van der Waals surface area contributed by atoms with Crippen LogP contribution in [-0.4, -0.2) is 0 Å². The van der Waals surface area contributed by atoms with Crippen molar-refractivity contribution in [1.82, 2.24) is 0 Å². The first-order valence-electron chi connectivity index (χ1n) is 8.04. The Balaban J connectivity index is 0.00000220. The van der Waals surface area contributed by atoms with Crippen molar-refractivity contribution in [3.8, 4) is 0 Å². The first kappa shape index (κ1) is 15.5. The molecule has 0 aliphatic heterocycles. The Labute approximate surface area is 123 Å². The lowest BCUT2D eigenvalue weighted by Crippen LogP contribution is -2.15. The third kappa shape index (κ3) is 4.04. The summed E-state index contributed by atoms with van der Waals surface area (Å²) >= 11 is 0. The number of aryl methyl sites for hydroxylation is 1. The van der Waals surface area contributed by atoms with E-state index < -0.39 is 11.6 Å². The Morgan fingerprint density at radius 2 is 1.50 bits per heavy atom. The van der Waals surface area contributed by atoms with Crippen LogP contribution in [0.15, 0.2) is 12.1 Å². The van der Waals surface area contributed by atoms with Gasteiger partial charge in [-0.3, -0.25) is 0 Å². The third-order valence-electron chi connectivity index (χ3n) is 4.85. The van der Waals surface area contributed by atoms with Gasteiger partial charge in [0.15, 0.2) is 0 Å². The topological polar surface area (TPSA) is 0 Å². The molecule has 0 bridgehead atoms. The van der Waals surface area contributed by atoms with Crippen molar-refractivity contribution in [2.24, 2.45) is 11.8 Å². The number of benzene rings is 1. The number of halogens is 2. The molecule has 0 atom stereocenters. The van der Waals surface area contributed by atoms with Crippen LogP contribution in [0.25, 0.3) is 0 Å². The standard InChI is InChI=1S/C18H26F2.H2/c1-3-4-14-5-7-15(8-6-14)9-10-16-11-17(19)13(2)18(20)12-16;/h11-12,14-15H,3-10H2,1-2H3;1H. The summed E-state index contributed by atoms with van der Waals surface area (Å²) in [6, 6.07) is 3.00. The Bertz CT molecular complexity index is 414. The van der Waals surface area contributed by atoms with Crippen molar-refractivity contribution in [3.63, 3.8) is 0 Å². The predicted molar refractivity (Wildman–Crippen MR) is 81.9 cm³/mol. The zero-order valence-corrected chi connectivity index (χ0v) is 12.7. The number of hydrogen-bond donors (Lipinski definition) is 0. The first-order valence-corrected chi connectivity index (χ1v) is 8.04. The van der Waals surface area contributed by atoms with Crippen LogP contribution in [0.3, 0.4) is 0 Å². The van der Waals surface area contributed by atoms with Crippen molar-refractivity contribution in [3.05, 3.63) is 34.9 Å². The second kappa shape index (κ2) is 7.19. The summed E-state index contributed by atoms with van der Waals surface area (Å²) < 4.78 is 27.0. The molecule has 1 aliphatic carbocycles. The van der Waals surface area contributed by atoms with Gasteiger partial charge in [0.1, 0.15) is 11.6 Å². The normalized spacial score (nSPS) is 23.0. The maximum atomic E-state index is 13.5. The minimum atomic E-state index is -0.411. The molecule has 0 radical (unpaired) electrons. The summed E-state index contributed by atoms with van der Waals surface area (Å²) in [5.74, 6) is 0.847. The Morgan fingerprint density at radius 3 is 2.00 bits per heavy atom. The largest absolute Gasteiger partial charge is 0.207 e. The Kier molecular flexibility index (Phi) is 5.56. The molecule has 114 valence electrons. The van der Waals surface area contributed by atoms with Crippen molar-refractivity contribution in [2.45, 2.75) is 65.2 Å². The average molecular weight is 282 g/mol. The van der Waals surface area contributed by atoms with Crippen LogP contribution in [0, 0.1) is 30.4 Å². The van der Waals surface area contributed by atoms with Crippen molar-refractivity contribution in [2.75, 3.05) is 0 Å². The zero-order chi connectivity index (χ0) is 14.5. The quantitative estimate of drug-likeness (QED) is 0.616. The highest BCUT2D eigenvalue weighted by atomic mass is 19.1. The van der Waals surface area contributed by atoms with Crippen LogP contribution < -0.4 is 0 Å². The molecule has 1 fully saturated rings. The SMILES string of the molecule is CCCC1CCC(CCc2cc(F)c(C)c(F)c2)CC1.[HH]. The van der Waals surface area contributed by atoms with Crippen LogP contribution in [0.4, 0.5) is 8.78 Å². The van der Waals surface area contributed by atoms with E-state index in [0.717, 1.165) is 30.2 Å². The minimum absolute atomic E-state index is 0. The van der Waals surface area contributed by atoms with E-state index >= 15 is 0 Å². The van der Waals surface area contributed by atoms with Crippen LogP contribution in [-0.2, 0) is 6.42 Å². The molecule has 0 aromatic heterocycles. The summed E-state index contributed by atoms with van der Waals surface area (Å²) in [7, 11) is 0. The van der Waals surface area contributed by atoms with Gasteiger partial charge in [-0.05, 0) is 49.3 Å². The van der Waals surface area contributed by atoms with E-state index in [1.165, 1.54) is 57.6 Å². The Hall–Kier alpha value is -0.920. The second-order valence-corrected chi connectivity index (χ2v) is 6.40. The molecule has 2 heteroatoms. The lowest BCUT2D eigenvalue weighted by Gasteiger charge is -2.28. The monoisotopic (exact) mass is 282 g/mol. The average Bonchev–Trinajstić information content (AvgIpc) is 2.44. The van der Waals surface area contributed by atoms with E-state index in [0.29, 0.717) is 0 Å². The molecule has 0 heterocycles. The fourth-order valence-electron chi connectivity index (χ4n) is 3.43. The van der Waals surface area contributed by atoms with Gasteiger partial charge in [-0.1, -0.05) is 45.4 Å². The molecule has 20 heavy (non-hydrogen) atoms. The van der Waals surface area contributed by atoms with Crippen LogP contribution >= 0.6 is 0 Å². The van der Waals surface area contributed by atoms with Gasteiger partial charge in [-0.15, -0.1) is 0 Å². The molecule has 0 saturated heterocycles. The second-order valence-electron chi connectivity index (χ2n) is 6.40. The molecule has 0 spiro atoms. The zero-order valence-electron chi connectivity index (χ0n) is 12.7. The van der Waals surface area contributed by atoms with E-state index in [1.807, 2.05) is 0 Å². The van der Waals surface area contributed by atoms with Gasteiger partial charge in [0.2, 0.25) is 0 Å². The third-order valence-corrected chi connectivity index (χ3v) is 4.85. The van der Waals surface area contributed by atoms with Crippen LogP contribution in [0.1, 0.15) is 64.4 Å². The molecule has 1 aromatic rings. The lowest BCUT2D eigenvalue weighted by atomic mass is 9.78. The van der Waals surface area contributed by atoms with Gasteiger partial charge in [0, 0.05) is 6.99 Å². The molecule has 0 N–H and O–H groups in total. The number of rotatable bonds is 5. The lowest BCUT2D eigenvalue weighted by molar-refractivity contribution is 0.252. The molecule has 0 amide bonds. The fourth-order valence-corrected chi connectivity index (χ4v) is 3.43. The van der Waals surface area contributed by atoms with Crippen LogP contribution in [0.5, 0.6) is 0 Å². The van der Waals surface area contributed by atoms with Gasteiger partial charge < -0.3 is 0 Å². The maximum absolute atomic E-state index is 13.5. The summed E-state index contributed by atoms with van der Waals surface area (Å²) in [6.07, 6.45) is 9.80. The number of hydrogen-bond acceptors (Lipinski definition) is 0. The maximum Gasteiger partial charge on any atom is 0.129 e. The molecular formula is C18H28F2. The van der Waals surface area contributed by atoms with Crippen molar-refractivity contribution >= 4 is 0 Å². The highest BCUT2D eigenvalue weighted by Gasteiger charge is 2.20. The summed E-state index contributed by atoms with van der Waals surface area (Å²) in [4.78, 5) is 0. The van der Waals surface area contributed by atoms with E-state index in [9.17, 15) is 8.78 Å². The van der Waals surface area contributed by atoms with E-state index in [4.69, 9.17) is 0 Å². The van der Waals surface area contributed by atoms with Crippen molar-refractivity contribution < 1.29 is 10.2 Å². The Morgan fingerprint density at radius 1 is 1.00 bits per heavy atom. The fraction of sp³-hybridized carbons (Fsp3) is 0.667. The van der Waals surface area contributed by atoms with Crippen LogP contribution in [0.2, 0.25) is 0 Å². The summed E-state index contributed by atoms with van der Waals surface area (Å²) in [5.41, 5.74) is 0.940. The molecule has 1 saturated carbocycles. The van der Waals surface area contributed by atoms with E-state index in [1.54, 1.807) is 0 Å². The molecule has 1 aromatic carbocycles. The molecule has 0 nitrogen and oxygen atoms in total.